The molecule has 0 atom stereocenters. The fourth-order valence-electron chi connectivity index (χ4n) is 7.25. The van der Waals surface area contributed by atoms with Crippen LogP contribution < -0.4 is 0 Å². The van der Waals surface area contributed by atoms with Gasteiger partial charge in [0.1, 0.15) is 5.69 Å². The Kier molecular flexibility index (Phi) is 3.45. The lowest BCUT2D eigenvalue weighted by molar-refractivity contribution is -0.00454. The Labute approximate surface area is 161 Å². The van der Waals surface area contributed by atoms with Crippen molar-refractivity contribution in [3.63, 3.8) is 0 Å². The highest BCUT2D eigenvalue weighted by molar-refractivity contribution is 5.96. The third-order valence-corrected chi connectivity index (χ3v) is 7.94. The maximum atomic E-state index is 13.1. The number of pyridine rings is 1. The second kappa shape index (κ2) is 5.80. The Bertz CT molecular complexity index is 876. The lowest BCUT2D eigenvalue weighted by Crippen LogP contribution is -2.48. The molecule has 140 valence electrons. The molecule has 0 unspecified atom stereocenters. The number of nitrogens with zero attached hydrogens (tertiary/aromatic N) is 2. The lowest BCUT2D eigenvalue weighted by Gasteiger charge is -2.57. The Hall–Kier alpha value is -1.90. The van der Waals surface area contributed by atoms with Crippen molar-refractivity contribution in [1.29, 1.82) is 0 Å². The van der Waals surface area contributed by atoms with E-state index >= 15 is 0 Å². The summed E-state index contributed by atoms with van der Waals surface area (Å²) in [5.74, 6) is 2.85. The summed E-state index contributed by atoms with van der Waals surface area (Å²) in [6.07, 6.45) is 10.6. The van der Waals surface area contributed by atoms with Crippen molar-refractivity contribution in [2.45, 2.75) is 56.8 Å². The molecule has 4 saturated carbocycles. The van der Waals surface area contributed by atoms with Crippen LogP contribution in [0.15, 0.2) is 30.3 Å². The number of amides is 1. The summed E-state index contributed by atoms with van der Waals surface area (Å²) in [6.45, 7) is 1.78. The van der Waals surface area contributed by atoms with Gasteiger partial charge in [-0.2, -0.15) is 0 Å². The van der Waals surface area contributed by atoms with E-state index in [1.165, 1.54) is 49.5 Å². The fraction of sp³-hybridized carbons (Fsp3) is 0.583. The van der Waals surface area contributed by atoms with Crippen molar-refractivity contribution < 1.29 is 4.79 Å². The average Bonchev–Trinajstić information content (AvgIpc) is 3.20. The maximum absolute atomic E-state index is 13.1. The highest BCUT2D eigenvalue weighted by Gasteiger charge is 2.52. The molecule has 0 N–H and O–H groups in total. The molecule has 3 nitrogen and oxygen atoms in total. The Morgan fingerprint density at radius 1 is 0.963 bits per heavy atom. The van der Waals surface area contributed by atoms with Gasteiger partial charge in [0.25, 0.3) is 5.91 Å². The minimum atomic E-state index is 0.143. The fourth-order valence-corrected chi connectivity index (χ4v) is 7.25. The van der Waals surface area contributed by atoms with Crippen LogP contribution in [0.5, 0.6) is 0 Å². The van der Waals surface area contributed by atoms with Gasteiger partial charge in [-0.1, -0.05) is 18.2 Å². The van der Waals surface area contributed by atoms with Gasteiger partial charge in [0.2, 0.25) is 0 Å². The van der Waals surface area contributed by atoms with Crippen molar-refractivity contribution in [3.05, 3.63) is 41.6 Å². The van der Waals surface area contributed by atoms with Gasteiger partial charge in [-0.05, 0) is 92.2 Å². The number of aromatic nitrogens is 1. The van der Waals surface area contributed by atoms with E-state index in [0.717, 1.165) is 49.2 Å². The number of rotatable bonds is 2. The molecule has 7 rings (SSSR count). The third-order valence-electron chi connectivity index (χ3n) is 7.94. The summed E-state index contributed by atoms with van der Waals surface area (Å²) < 4.78 is 0. The van der Waals surface area contributed by atoms with Crippen molar-refractivity contribution in [3.8, 4) is 0 Å². The van der Waals surface area contributed by atoms with Gasteiger partial charge in [-0.25, -0.2) is 4.98 Å². The number of para-hydroxylation sites is 1. The largest absolute Gasteiger partial charge is 0.337 e. The molecule has 0 radical (unpaired) electrons. The SMILES string of the molecule is O=C(c1cc(C23CC4CC(CC(C4)C2)C3)c2ccccc2n1)N1CCCC1. The van der Waals surface area contributed by atoms with Crippen molar-refractivity contribution in [2.24, 2.45) is 17.8 Å². The zero-order valence-corrected chi connectivity index (χ0v) is 16.0. The first-order chi connectivity index (χ1) is 13.2. The monoisotopic (exact) mass is 360 g/mol. The molecule has 2 aromatic rings. The molecule has 4 aliphatic carbocycles. The molecule has 1 amide bonds. The van der Waals surface area contributed by atoms with E-state index in [9.17, 15) is 4.79 Å². The van der Waals surface area contributed by atoms with Gasteiger partial charge in [-0.3, -0.25) is 4.79 Å². The quantitative estimate of drug-likeness (QED) is 0.760. The van der Waals surface area contributed by atoms with Crippen LogP contribution in [0, 0.1) is 17.8 Å². The number of carbonyl (C=O) groups excluding carboxylic acids is 1. The Balaban J connectivity index is 1.50. The highest BCUT2D eigenvalue weighted by Crippen LogP contribution is 2.61. The molecule has 5 aliphatic rings. The van der Waals surface area contributed by atoms with Crippen LogP contribution >= 0.6 is 0 Å². The Morgan fingerprint density at radius 2 is 1.59 bits per heavy atom. The van der Waals surface area contributed by atoms with E-state index in [0.29, 0.717) is 5.69 Å². The Morgan fingerprint density at radius 3 is 2.26 bits per heavy atom. The first kappa shape index (κ1) is 16.1. The molecular formula is C24H28N2O. The second-order valence-corrected chi connectivity index (χ2v) is 9.77. The van der Waals surface area contributed by atoms with E-state index in [1.807, 2.05) is 4.90 Å². The van der Waals surface area contributed by atoms with Gasteiger partial charge >= 0.3 is 0 Å². The summed E-state index contributed by atoms with van der Waals surface area (Å²) in [7, 11) is 0. The number of hydrogen-bond donors (Lipinski definition) is 0. The van der Waals surface area contributed by atoms with Crippen molar-refractivity contribution >= 4 is 16.8 Å². The van der Waals surface area contributed by atoms with Crippen LogP contribution in [0.2, 0.25) is 0 Å². The first-order valence-corrected chi connectivity index (χ1v) is 10.9. The molecule has 5 fully saturated rings. The van der Waals surface area contributed by atoms with Crippen LogP contribution in [-0.2, 0) is 5.41 Å². The topological polar surface area (TPSA) is 33.2 Å². The molecule has 0 spiro atoms. The normalized spacial score (nSPS) is 34.5. The van der Waals surface area contributed by atoms with Gasteiger partial charge in [0, 0.05) is 18.5 Å². The van der Waals surface area contributed by atoms with Crippen LogP contribution in [0.25, 0.3) is 10.9 Å². The second-order valence-electron chi connectivity index (χ2n) is 9.77. The minimum absolute atomic E-state index is 0.143. The number of benzene rings is 1. The van der Waals surface area contributed by atoms with Crippen LogP contribution in [0.3, 0.4) is 0 Å². The first-order valence-electron chi connectivity index (χ1n) is 10.9. The van der Waals surface area contributed by atoms with Gasteiger partial charge in [-0.15, -0.1) is 0 Å². The van der Waals surface area contributed by atoms with Gasteiger partial charge < -0.3 is 4.90 Å². The molecule has 4 bridgehead atoms. The number of carbonyl (C=O) groups is 1. The maximum Gasteiger partial charge on any atom is 0.272 e. The molecule has 2 heterocycles. The molecule has 27 heavy (non-hydrogen) atoms. The predicted molar refractivity (Wildman–Crippen MR) is 107 cm³/mol. The molecule has 1 aliphatic heterocycles. The van der Waals surface area contributed by atoms with Crippen molar-refractivity contribution in [2.75, 3.05) is 13.1 Å². The standard InChI is InChI=1S/C24H28N2O/c27-23(26-7-3-4-8-26)22-12-20(19-5-1-2-6-21(19)25-22)24-13-16-9-17(14-24)11-18(10-16)15-24/h1-2,5-6,12,16-18H,3-4,7-11,13-15H2. The molecule has 1 aromatic carbocycles. The third kappa shape index (κ3) is 2.47. The van der Waals surface area contributed by atoms with Crippen LogP contribution in [0.4, 0.5) is 0 Å². The smallest absolute Gasteiger partial charge is 0.272 e. The summed E-state index contributed by atoms with van der Waals surface area (Å²) in [5, 5.41) is 1.29. The molecular weight excluding hydrogens is 332 g/mol. The van der Waals surface area contributed by atoms with E-state index < -0.39 is 0 Å². The molecule has 3 heteroatoms. The predicted octanol–water partition coefficient (Wildman–Crippen LogP) is 4.94. The summed E-state index contributed by atoms with van der Waals surface area (Å²) in [5.41, 5.74) is 3.42. The molecule has 1 saturated heterocycles. The number of likely N-dealkylation sites (tertiary alicyclic amines) is 1. The van der Waals surface area contributed by atoms with Crippen molar-refractivity contribution in [1.82, 2.24) is 9.88 Å². The zero-order valence-electron chi connectivity index (χ0n) is 16.0. The average molecular weight is 361 g/mol. The summed E-state index contributed by atoms with van der Waals surface area (Å²) >= 11 is 0. The van der Waals surface area contributed by atoms with E-state index in [-0.39, 0.29) is 11.3 Å². The lowest BCUT2D eigenvalue weighted by atomic mass is 9.48. The minimum Gasteiger partial charge on any atom is -0.337 e. The van der Waals surface area contributed by atoms with E-state index in [4.69, 9.17) is 4.98 Å². The van der Waals surface area contributed by atoms with Crippen LogP contribution in [0.1, 0.15) is 67.4 Å². The number of hydrogen-bond acceptors (Lipinski definition) is 2. The zero-order chi connectivity index (χ0) is 18.0. The van der Waals surface area contributed by atoms with Gasteiger partial charge in [0.15, 0.2) is 0 Å². The highest BCUT2D eigenvalue weighted by atomic mass is 16.2. The van der Waals surface area contributed by atoms with E-state index in [1.54, 1.807) is 0 Å². The summed E-state index contributed by atoms with van der Waals surface area (Å²) in [4.78, 5) is 20.0. The number of fused-ring (bicyclic) bond motifs is 1. The molecule has 1 aromatic heterocycles. The van der Waals surface area contributed by atoms with Gasteiger partial charge in [0.05, 0.1) is 5.52 Å². The van der Waals surface area contributed by atoms with E-state index in [2.05, 4.69) is 30.3 Å². The summed E-state index contributed by atoms with van der Waals surface area (Å²) in [6, 6.07) is 10.7. The van der Waals surface area contributed by atoms with Crippen LogP contribution in [-0.4, -0.2) is 28.9 Å².